The SMILES string of the molecule is COC(C)OC(C)O[Si](CCCOC(=O)c1ccncc1)(OC(C)OC(C)OC)OC(C)OC(C)OC. The molecule has 0 saturated carbocycles. The lowest BCUT2D eigenvalue weighted by molar-refractivity contribution is -0.252. The zero-order valence-corrected chi connectivity index (χ0v) is 24.3. The fourth-order valence-electron chi connectivity index (χ4n) is 3.10. The van der Waals surface area contributed by atoms with Gasteiger partial charge >= 0.3 is 14.8 Å². The molecule has 1 heterocycles. The Morgan fingerprint density at radius 1 is 0.730 bits per heavy atom. The maximum absolute atomic E-state index is 12.3. The fraction of sp³-hybridized carbons (Fsp3) is 0.750. The van der Waals surface area contributed by atoms with E-state index in [0.29, 0.717) is 12.0 Å². The Labute approximate surface area is 221 Å². The van der Waals surface area contributed by atoms with Crippen molar-refractivity contribution in [3.8, 4) is 0 Å². The van der Waals surface area contributed by atoms with Crippen molar-refractivity contribution in [2.45, 2.75) is 91.7 Å². The highest BCUT2D eigenvalue weighted by Crippen LogP contribution is 2.26. The molecule has 1 aromatic heterocycles. The van der Waals surface area contributed by atoms with Crippen LogP contribution in [0.1, 0.15) is 58.3 Å². The van der Waals surface area contributed by atoms with E-state index in [1.54, 1.807) is 53.7 Å². The number of pyridine rings is 1. The van der Waals surface area contributed by atoms with Gasteiger partial charge in [-0.15, -0.1) is 0 Å². The summed E-state index contributed by atoms with van der Waals surface area (Å²) >= 11 is 0. The maximum Gasteiger partial charge on any atom is 0.506 e. The molecule has 0 aliphatic carbocycles. The quantitative estimate of drug-likeness (QED) is 0.102. The minimum absolute atomic E-state index is 0.100. The van der Waals surface area contributed by atoms with Crippen LogP contribution in [0.4, 0.5) is 0 Å². The largest absolute Gasteiger partial charge is 0.506 e. The van der Waals surface area contributed by atoms with E-state index in [-0.39, 0.29) is 12.7 Å². The summed E-state index contributed by atoms with van der Waals surface area (Å²) in [6.45, 7) is 10.4. The van der Waals surface area contributed by atoms with Crippen molar-refractivity contribution in [2.75, 3.05) is 27.9 Å². The molecule has 6 atom stereocenters. The Hall–Kier alpha value is -1.52. The molecule has 0 spiro atoms. The van der Waals surface area contributed by atoms with Crippen LogP contribution in [-0.2, 0) is 46.4 Å². The Bertz CT molecular complexity index is 694. The highest BCUT2D eigenvalue weighted by Gasteiger charge is 2.47. The average Bonchev–Trinajstić information content (AvgIpc) is 2.86. The second kappa shape index (κ2) is 17.9. The second-order valence-electron chi connectivity index (χ2n) is 8.03. The van der Waals surface area contributed by atoms with Gasteiger partial charge in [-0.25, -0.2) is 4.79 Å². The van der Waals surface area contributed by atoms with Crippen molar-refractivity contribution in [1.29, 1.82) is 0 Å². The van der Waals surface area contributed by atoms with E-state index in [4.69, 9.17) is 46.4 Å². The van der Waals surface area contributed by atoms with Gasteiger partial charge in [0.25, 0.3) is 0 Å². The third-order valence-electron chi connectivity index (χ3n) is 4.96. The number of rotatable bonds is 20. The number of aromatic nitrogens is 1. The molecule has 37 heavy (non-hydrogen) atoms. The summed E-state index contributed by atoms with van der Waals surface area (Å²) in [7, 11) is 0.955. The first kappa shape index (κ1) is 33.5. The van der Waals surface area contributed by atoms with Gasteiger partial charge in [0.05, 0.1) is 12.2 Å². The monoisotopic (exact) mass is 549 g/mol. The molecule has 12 nitrogen and oxygen atoms in total. The number of ether oxygens (including phenoxy) is 7. The summed E-state index contributed by atoms with van der Waals surface area (Å²) in [6.07, 6.45) is -0.476. The molecule has 6 unspecified atom stereocenters. The molecular weight excluding hydrogens is 506 g/mol. The van der Waals surface area contributed by atoms with Gasteiger partial charge in [0.15, 0.2) is 37.7 Å². The summed E-state index contributed by atoms with van der Waals surface area (Å²) in [6, 6.07) is 3.42. The summed E-state index contributed by atoms with van der Waals surface area (Å²) in [5, 5.41) is 0. The Balaban J connectivity index is 3.06. The highest BCUT2D eigenvalue weighted by molar-refractivity contribution is 6.60. The predicted molar refractivity (Wildman–Crippen MR) is 134 cm³/mol. The molecule has 1 aromatic rings. The molecule has 13 heteroatoms. The van der Waals surface area contributed by atoms with Crippen molar-refractivity contribution in [2.24, 2.45) is 0 Å². The number of esters is 1. The van der Waals surface area contributed by atoms with Crippen LogP contribution < -0.4 is 0 Å². The lowest BCUT2D eigenvalue weighted by Crippen LogP contribution is -2.53. The van der Waals surface area contributed by atoms with Gasteiger partial charge in [0, 0.05) is 39.8 Å². The summed E-state index contributed by atoms with van der Waals surface area (Å²) in [5.41, 5.74) is 0.406. The topological polar surface area (TPSA) is 122 Å². The number of methoxy groups -OCH3 is 3. The van der Waals surface area contributed by atoms with Crippen LogP contribution in [0.25, 0.3) is 0 Å². The normalized spacial score (nSPS) is 18.3. The Kier molecular flexibility index (Phi) is 16.2. The Morgan fingerprint density at radius 3 is 1.51 bits per heavy atom. The van der Waals surface area contributed by atoms with Crippen molar-refractivity contribution >= 4 is 14.8 Å². The molecule has 0 fully saturated rings. The highest BCUT2D eigenvalue weighted by atomic mass is 28.4. The van der Waals surface area contributed by atoms with E-state index in [1.807, 2.05) is 0 Å². The molecule has 1 rings (SSSR count). The van der Waals surface area contributed by atoms with Crippen LogP contribution in [0.15, 0.2) is 24.5 Å². The summed E-state index contributed by atoms with van der Waals surface area (Å²) < 4.78 is 57.0. The molecule has 0 bridgehead atoms. The predicted octanol–water partition coefficient (Wildman–Crippen LogP) is 3.68. The van der Waals surface area contributed by atoms with Gasteiger partial charge < -0.3 is 46.4 Å². The fourth-order valence-corrected chi connectivity index (χ4v) is 5.88. The number of carbonyl (C=O) groups is 1. The molecule has 0 amide bonds. The van der Waals surface area contributed by atoms with Gasteiger partial charge in [-0.3, -0.25) is 4.98 Å². The van der Waals surface area contributed by atoms with E-state index in [9.17, 15) is 4.79 Å². The summed E-state index contributed by atoms with van der Waals surface area (Å²) in [5.74, 6) is -0.459. The minimum Gasteiger partial charge on any atom is -0.462 e. The van der Waals surface area contributed by atoms with Gasteiger partial charge in [-0.05, 0) is 60.1 Å². The van der Waals surface area contributed by atoms with Gasteiger partial charge in [-0.1, -0.05) is 0 Å². The smallest absolute Gasteiger partial charge is 0.462 e. The molecule has 0 aromatic carbocycles. The zero-order valence-electron chi connectivity index (χ0n) is 23.3. The van der Waals surface area contributed by atoms with Crippen LogP contribution in [-0.4, -0.2) is 85.4 Å². The zero-order chi connectivity index (χ0) is 27.8. The molecule has 214 valence electrons. The molecule has 0 N–H and O–H groups in total. The third kappa shape index (κ3) is 13.7. The molecule has 0 aliphatic heterocycles. The number of nitrogens with zero attached hydrogens (tertiary/aromatic N) is 1. The first-order valence-corrected chi connectivity index (χ1v) is 14.1. The van der Waals surface area contributed by atoms with Crippen LogP contribution in [0, 0.1) is 0 Å². The summed E-state index contributed by atoms with van der Waals surface area (Å²) in [4.78, 5) is 16.2. The number of hydrogen-bond acceptors (Lipinski definition) is 12. The first-order chi connectivity index (χ1) is 17.5. The first-order valence-electron chi connectivity index (χ1n) is 12.2. The minimum atomic E-state index is -3.62. The lowest BCUT2D eigenvalue weighted by atomic mass is 10.3. The van der Waals surface area contributed by atoms with Crippen molar-refractivity contribution in [3.05, 3.63) is 30.1 Å². The third-order valence-corrected chi connectivity index (χ3v) is 8.00. The van der Waals surface area contributed by atoms with E-state index in [1.165, 1.54) is 33.7 Å². The van der Waals surface area contributed by atoms with Gasteiger partial charge in [-0.2, -0.15) is 0 Å². The average molecular weight is 550 g/mol. The van der Waals surface area contributed by atoms with Crippen LogP contribution in [0.5, 0.6) is 0 Å². The standard InChI is InChI=1S/C24H43NO11Si/c1-17(27-7)31-20(4)34-37(35-21(5)32-18(2)28-8,36-22(6)33-19(3)29-9)16-10-15-30-24(26)23-11-13-25-14-12-23/h11-14,17-22H,10,15-16H2,1-9H3. The lowest BCUT2D eigenvalue weighted by Gasteiger charge is -2.37. The van der Waals surface area contributed by atoms with Crippen molar-refractivity contribution in [1.82, 2.24) is 4.98 Å². The van der Waals surface area contributed by atoms with Crippen LogP contribution in [0.2, 0.25) is 6.04 Å². The maximum atomic E-state index is 12.3. The van der Waals surface area contributed by atoms with Gasteiger partial charge in [0.1, 0.15) is 0 Å². The number of hydrogen-bond donors (Lipinski definition) is 0. The van der Waals surface area contributed by atoms with E-state index < -0.39 is 52.5 Å². The van der Waals surface area contributed by atoms with E-state index in [2.05, 4.69) is 4.98 Å². The Morgan fingerprint density at radius 2 is 1.14 bits per heavy atom. The van der Waals surface area contributed by atoms with Crippen LogP contribution in [0.3, 0.4) is 0 Å². The molecule has 0 radical (unpaired) electrons. The molecule has 0 aliphatic rings. The van der Waals surface area contributed by atoms with Crippen LogP contribution >= 0.6 is 0 Å². The van der Waals surface area contributed by atoms with E-state index in [0.717, 1.165) is 0 Å². The van der Waals surface area contributed by atoms with Crippen molar-refractivity contribution in [3.63, 3.8) is 0 Å². The second-order valence-corrected chi connectivity index (χ2v) is 10.6. The van der Waals surface area contributed by atoms with E-state index >= 15 is 0 Å². The van der Waals surface area contributed by atoms with Gasteiger partial charge in [0.2, 0.25) is 0 Å². The number of carbonyl (C=O) groups excluding carboxylic acids is 1. The molecule has 0 saturated heterocycles. The molecular formula is C24H43NO11Si. The van der Waals surface area contributed by atoms with Crippen molar-refractivity contribution < 1.29 is 51.2 Å².